The summed E-state index contributed by atoms with van der Waals surface area (Å²) in [6.45, 7) is 3.97. The number of ether oxygens (including phenoxy) is 1. The van der Waals surface area contributed by atoms with E-state index in [4.69, 9.17) is 4.74 Å². The summed E-state index contributed by atoms with van der Waals surface area (Å²) in [5, 5.41) is 0. The molecule has 1 rings (SSSR count). The van der Waals surface area contributed by atoms with E-state index in [1.807, 2.05) is 13.0 Å². The van der Waals surface area contributed by atoms with Gasteiger partial charge in [-0.15, -0.1) is 0 Å². The summed E-state index contributed by atoms with van der Waals surface area (Å²) in [5.41, 5.74) is 1.31. The van der Waals surface area contributed by atoms with Gasteiger partial charge in [0.25, 0.3) is 0 Å². The van der Waals surface area contributed by atoms with Crippen molar-refractivity contribution < 1.29 is 4.74 Å². The van der Waals surface area contributed by atoms with E-state index >= 15 is 0 Å². The maximum atomic E-state index is 5.01. The van der Waals surface area contributed by atoms with Crippen LogP contribution in [0, 0.1) is 0 Å². The van der Waals surface area contributed by atoms with Crippen molar-refractivity contribution >= 4 is 5.90 Å². The molecule has 0 saturated carbocycles. The van der Waals surface area contributed by atoms with Crippen LogP contribution in [-0.4, -0.2) is 19.0 Å². The Morgan fingerprint density at radius 2 is 2.00 bits per heavy atom. The zero-order valence-corrected chi connectivity index (χ0v) is 9.03. The SMILES string of the molecule is COC(C)=NC(C)Cc1ccccc1. The fraction of sp³-hybridized carbons (Fsp3) is 0.417. The number of methoxy groups -OCH3 is 1. The molecule has 0 bridgehead atoms. The third-order valence-corrected chi connectivity index (χ3v) is 2.07. The van der Waals surface area contributed by atoms with Crippen molar-refractivity contribution in [2.75, 3.05) is 7.11 Å². The molecule has 0 aliphatic heterocycles. The summed E-state index contributed by atoms with van der Waals surface area (Å²) in [5.74, 6) is 0.744. The Balaban J connectivity index is 2.53. The molecule has 0 fully saturated rings. The van der Waals surface area contributed by atoms with E-state index in [0.717, 1.165) is 12.3 Å². The predicted octanol–water partition coefficient (Wildman–Crippen LogP) is 2.68. The molecular formula is C12H17NO. The first-order valence-corrected chi connectivity index (χ1v) is 4.84. The fourth-order valence-corrected chi connectivity index (χ4v) is 1.36. The van der Waals surface area contributed by atoms with Gasteiger partial charge in [-0.1, -0.05) is 30.3 Å². The van der Waals surface area contributed by atoms with Crippen LogP contribution in [0.4, 0.5) is 0 Å². The fourth-order valence-electron chi connectivity index (χ4n) is 1.36. The molecule has 0 aliphatic rings. The first kappa shape index (κ1) is 10.8. The molecule has 2 heteroatoms. The second kappa shape index (κ2) is 5.43. The third kappa shape index (κ3) is 3.60. The Labute approximate surface area is 85.6 Å². The molecule has 1 unspecified atom stereocenters. The highest BCUT2D eigenvalue weighted by Gasteiger charge is 2.01. The minimum absolute atomic E-state index is 0.275. The summed E-state index contributed by atoms with van der Waals surface area (Å²) < 4.78 is 5.01. The summed E-state index contributed by atoms with van der Waals surface area (Å²) in [6, 6.07) is 10.6. The normalized spacial score (nSPS) is 13.8. The van der Waals surface area contributed by atoms with Crippen molar-refractivity contribution in [1.82, 2.24) is 0 Å². The number of rotatable bonds is 3. The molecule has 0 N–H and O–H groups in total. The average molecular weight is 191 g/mol. The van der Waals surface area contributed by atoms with Gasteiger partial charge in [-0.3, -0.25) is 4.99 Å². The molecule has 0 radical (unpaired) electrons. The van der Waals surface area contributed by atoms with Crippen LogP contribution in [0.1, 0.15) is 19.4 Å². The molecule has 0 amide bonds. The molecule has 1 atom stereocenters. The van der Waals surface area contributed by atoms with E-state index in [1.165, 1.54) is 5.56 Å². The lowest BCUT2D eigenvalue weighted by Crippen LogP contribution is -2.07. The number of hydrogen-bond donors (Lipinski definition) is 0. The van der Waals surface area contributed by atoms with E-state index in [-0.39, 0.29) is 6.04 Å². The lowest BCUT2D eigenvalue weighted by Gasteiger charge is -2.07. The van der Waals surface area contributed by atoms with Gasteiger partial charge in [-0.25, -0.2) is 0 Å². The smallest absolute Gasteiger partial charge is 0.179 e. The lowest BCUT2D eigenvalue weighted by molar-refractivity contribution is 0.394. The molecule has 14 heavy (non-hydrogen) atoms. The molecule has 0 saturated heterocycles. The van der Waals surface area contributed by atoms with Crippen LogP contribution >= 0.6 is 0 Å². The van der Waals surface area contributed by atoms with Crippen molar-refractivity contribution in [3.8, 4) is 0 Å². The summed E-state index contributed by atoms with van der Waals surface area (Å²) in [4.78, 5) is 4.39. The van der Waals surface area contributed by atoms with Gasteiger partial charge in [-0.05, 0) is 18.9 Å². The van der Waals surface area contributed by atoms with E-state index in [1.54, 1.807) is 7.11 Å². The van der Waals surface area contributed by atoms with Gasteiger partial charge in [0.05, 0.1) is 13.2 Å². The highest BCUT2D eigenvalue weighted by molar-refractivity contribution is 5.73. The zero-order valence-electron chi connectivity index (χ0n) is 9.03. The molecule has 2 nitrogen and oxygen atoms in total. The van der Waals surface area contributed by atoms with Crippen LogP contribution in [-0.2, 0) is 11.2 Å². The van der Waals surface area contributed by atoms with E-state index in [9.17, 15) is 0 Å². The topological polar surface area (TPSA) is 21.6 Å². The van der Waals surface area contributed by atoms with Gasteiger partial charge >= 0.3 is 0 Å². The van der Waals surface area contributed by atoms with Crippen LogP contribution in [0.15, 0.2) is 35.3 Å². The molecule has 0 aromatic heterocycles. The molecular weight excluding hydrogens is 174 g/mol. The maximum absolute atomic E-state index is 5.01. The Morgan fingerprint density at radius 1 is 1.36 bits per heavy atom. The van der Waals surface area contributed by atoms with Gasteiger partial charge in [-0.2, -0.15) is 0 Å². The minimum Gasteiger partial charge on any atom is -0.484 e. The second-order valence-electron chi connectivity index (χ2n) is 3.39. The second-order valence-corrected chi connectivity index (χ2v) is 3.39. The number of benzene rings is 1. The standard InChI is InChI=1S/C12H17NO/c1-10(13-11(2)14-3)9-12-7-5-4-6-8-12/h4-8,10H,9H2,1-3H3. The highest BCUT2D eigenvalue weighted by atomic mass is 16.5. The lowest BCUT2D eigenvalue weighted by atomic mass is 10.1. The number of aliphatic imine (C=N–C) groups is 1. The minimum atomic E-state index is 0.275. The van der Waals surface area contributed by atoms with Crippen LogP contribution in [0.5, 0.6) is 0 Å². The first-order chi connectivity index (χ1) is 6.72. The monoisotopic (exact) mass is 191 g/mol. The van der Waals surface area contributed by atoms with Gasteiger partial charge in [0.15, 0.2) is 5.90 Å². The third-order valence-electron chi connectivity index (χ3n) is 2.07. The van der Waals surface area contributed by atoms with E-state index < -0.39 is 0 Å². The van der Waals surface area contributed by atoms with Crippen molar-refractivity contribution in [2.45, 2.75) is 26.3 Å². The molecule has 0 spiro atoms. The Kier molecular flexibility index (Phi) is 4.17. The zero-order chi connectivity index (χ0) is 10.4. The van der Waals surface area contributed by atoms with E-state index in [2.05, 4.69) is 36.2 Å². The van der Waals surface area contributed by atoms with Crippen LogP contribution < -0.4 is 0 Å². The molecule has 0 aliphatic carbocycles. The Hall–Kier alpha value is -1.31. The van der Waals surface area contributed by atoms with Gasteiger partial charge < -0.3 is 4.74 Å². The van der Waals surface area contributed by atoms with Crippen LogP contribution in [0.2, 0.25) is 0 Å². The summed E-state index contributed by atoms with van der Waals surface area (Å²) in [7, 11) is 1.65. The van der Waals surface area contributed by atoms with Crippen molar-refractivity contribution in [1.29, 1.82) is 0 Å². The van der Waals surface area contributed by atoms with Crippen LogP contribution in [0.3, 0.4) is 0 Å². The van der Waals surface area contributed by atoms with Gasteiger partial charge in [0.2, 0.25) is 0 Å². The Morgan fingerprint density at radius 3 is 2.57 bits per heavy atom. The summed E-state index contributed by atoms with van der Waals surface area (Å²) in [6.07, 6.45) is 0.960. The number of nitrogens with zero attached hydrogens (tertiary/aromatic N) is 1. The predicted molar refractivity (Wildman–Crippen MR) is 59.7 cm³/mol. The van der Waals surface area contributed by atoms with Crippen LogP contribution in [0.25, 0.3) is 0 Å². The van der Waals surface area contributed by atoms with Crippen molar-refractivity contribution in [2.24, 2.45) is 4.99 Å². The summed E-state index contributed by atoms with van der Waals surface area (Å²) >= 11 is 0. The van der Waals surface area contributed by atoms with E-state index in [0.29, 0.717) is 0 Å². The largest absolute Gasteiger partial charge is 0.484 e. The molecule has 1 aromatic rings. The van der Waals surface area contributed by atoms with Gasteiger partial charge in [0, 0.05) is 6.92 Å². The maximum Gasteiger partial charge on any atom is 0.179 e. The number of hydrogen-bond acceptors (Lipinski definition) is 2. The quantitative estimate of drug-likeness (QED) is 0.531. The van der Waals surface area contributed by atoms with Gasteiger partial charge in [0.1, 0.15) is 0 Å². The molecule has 0 heterocycles. The Bertz CT molecular complexity index is 292. The first-order valence-electron chi connectivity index (χ1n) is 4.84. The van der Waals surface area contributed by atoms with Crippen molar-refractivity contribution in [3.63, 3.8) is 0 Å². The molecule has 76 valence electrons. The molecule has 1 aromatic carbocycles. The average Bonchev–Trinajstić information content (AvgIpc) is 2.19. The highest BCUT2D eigenvalue weighted by Crippen LogP contribution is 2.05. The van der Waals surface area contributed by atoms with Crippen molar-refractivity contribution in [3.05, 3.63) is 35.9 Å².